The first kappa shape index (κ1) is 14.5. The Morgan fingerprint density at radius 1 is 1.16 bits per heavy atom. The number of hydrogen-bond donors (Lipinski definition) is 2. The molecule has 0 aliphatic heterocycles. The third-order valence-corrected chi connectivity index (χ3v) is 6.69. The lowest BCUT2D eigenvalue weighted by Gasteiger charge is -2.12. The van der Waals surface area contributed by atoms with Gasteiger partial charge in [-0.2, -0.15) is 0 Å². The van der Waals surface area contributed by atoms with E-state index in [-0.39, 0.29) is 11.7 Å². The molecule has 0 aromatic heterocycles. The van der Waals surface area contributed by atoms with Gasteiger partial charge in [-0.15, -0.1) is 0 Å². The van der Waals surface area contributed by atoms with E-state index >= 15 is 0 Å². The van der Waals surface area contributed by atoms with Gasteiger partial charge in [-0.1, -0.05) is 36.8 Å². The molecule has 1 saturated carbocycles. The number of rotatable bonds is 5. The van der Waals surface area contributed by atoms with Crippen LogP contribution in [0, 0.1) is 12.3 Å². The quantitative estimate of drug-likeness (QED) is 0.836. The fraction of sp³-hybridized carbons (Fsp3) is 0.571. The van der Waals surface area contributed by atoms with Gasteiger partial charge in [-0.3, -0.25) is 0 Å². The highest BCUT2D eigenvalue weighted by Gasteiger charge is 2.68. The third-order valence-electron chi connectivity index (χ3n) is 4.37. The first-order valence-electron chi connectivity index (χ1n) is 6.61. The molecule has 0 radical (unpaired) electrons. The summed E-state index contributed by atoms with van der Waals surface area (Å²) in [5, 5.41) is -0.428. The summed E-state index contributed by atoms with van der Waals surface area (Å²) in [7, 11) is -3.12. The fourth-order valence-electron chi connectivity index (χ4n) is 3.05. The molecule has 5 heteroatoms. The molecule has 2 atom stereocenters. The summed E-state index contributed by atoms with van der Waals surface area (Å²) in [5.74, 6) is 0.0787. The van der Waals surface area contributed by atoms with Crippen LogP contribution < -0.4 is 11.5 Å². The zero-order valence-electron chi connectivity index (χ0n) is 11.5. The van der Waals surface area contributed by atoms with Gasteiger partial charge in [0, 0.05) is 30.2 Å². The van der Waals surface area contributed by atoms with Crippen molar-refractivity contribution < 1.29 is 8.42 Å². The zero-order chi connectivity index (χ0) is 14.3. The minimum absolute atomic E-state index is 0.0620. The van der Waals surface area contributed by atoms with Crippen molar-refractivity contribution in [3.63, 3.8) is 0 Å². The molecule has 0 unspecified atom stereocenters. The first-order valence-corrected chi connectivity index (χ1v) is 8.32. The Hall–Kier alpha value is -0.910. The Morgan fingerprint density at radius 3 is 2.11 bits per heavy atom. The standard InChI is InChI=1S/C14H22N2O2S/c1-3-19(17,18)13-12(14(13,8-15)9-16)11-6-4-10(2)5-7-11/h4-7,12-13H,3,8-9,15-16H2,1-2H3/t12-,13-/m1/s1. The van der Waals surface area contributed by atoms with Crippen molar-refractivity contribution in [1.82, 2.24) is 0 Å². The molecule has 1 aliphatic rings. The summed E-state index contributed by atoms with van der Waals surface area (Å²) in [6.45, 7) is 4.31. The van der Waals surface area contributed by atoms with Crippen molar-refractivity contribution in [3.05, 3.63) is 35.4 Å². The molecule has 1 aromatic carbocycles. The normalized spacial score (nSPS) is 25.3. The van der Waals surface area contributed by atoms with Crippen LogP contribution in [0.2, 0.25) is 0 Å². The van der Waals surface area contributed by atoms with Gasteiger partial charge >= 0.3 is 0 Å². The molecule has 1 fully saturated rings. The summed E-state index contributed by atoms with van der Waals surface area (Å²) in [4.78, 5) is 0. The van der Waals surface area contributed by atoms with E-state index in [1.54, 1.807) is 6.92 Å². The largest absolute Gasteiger partial charge is 0.330 e. The van der Waals surface area contributed by atoms with Crippen molar-refractivity contribution in [2.75, 3.05) is 18.8 Å². The van der Waals surface area contributed by atoms with Crippen molar-refractivity contribution in [2.45, 2.75) is 25.0 Å². The summed E-state index contributed by atoms with van der Waals surface area (Å²) < 4.78 is 24.5. The second kappa shape index (κ2) is 4.89. The molecule has 19 heavy (non-hydrogen) atoms. The highest BCUT2D eigenvalue weighted by molar-refractivity contribution is 7.92. The summed E-state index contributed by atoms with van der Waals surface area (Å²) >= 11 is 0. The van der Waals surface area contributed by atoms with Crippen LogP contribution >= 0.6 is 0 Å². The Morgan fingerprint density at radius 2 is 1.68 bits per heavy atom. The molecule has 106 valence electrons. The maximum atomic E-state index is 12.2. The Kier molecular flexibility index (Phi) is 3.73. The van der Waals surface area contributed by atoms with Crippen molar-refractivity contribution in [3.8, 4) is 0 Å². The van der Waals surface area contributed by atoms with E-state index < -0.39 is 20.5 Å². The number of sulfone groups is 1. The van der Waals surface area contributed by atoms with Gasteiger partial charge in [0.1, 0.15) is 0 Å². The van der Waals surface area contributed by atoms with Gasteiger partial charge in [0.2, 0.25) is 0 Å². The van der Waals surface area contributed by atoms with Crippen molar-refractivity contribution >= 4 is 9.84 Å². The van der Waals surface area contributed by atoms with Gasteiger partial charge < -0.3 is 11.5 Å². The molecule has 1 aromatic rings. The van der Waals surface area contributed by atoms with Crippen LogP contribution in [0.1, 0.15) is 24.0 Å². The van der Waals surface area contributed by atoms with E-state index in [1.165, 1.54) is 0 Å². The minimum atomic E-state index is -3.12. The lowest BCUT2D eigenvalue weighted by molar-refractivity contribution is 0.510. The Labute approximate surface area is 115 Å². The summed E-state index contributed by atoms with van der Waals surface area (Å²) in [6, 6.07) is 7.98. The van der Waals surface area contributed by atoms with Crippen molar-refractivity contribution in [2.24, 2.45) is 16.9 Å². The molecule has 0 saturated heterocycles. The van der Waals surface area contributed by atoms with Crippen LogP contribution in [-0.2, 0) is 9.84 Å². The predicted molar refractivity (Wildman–Crippen MR) is 77.7 cm³/mol. The third kappa shape index (κ3) is 2.20. The van der Waals surface area contributed by atoms with Gasteiger partial charge in [-0.25, -0.2) is 8.42 Å². The second-order valence-electron chi connectivity index (χ2n) is 5.40. The summed E-state index contributed by atoms with van der Waals surface area (Å²) in [6.07, 6.45) is 0. The van der Waals surface area contributed by atoms with E-state index in [4.69, 9.17) is 11.5 Å². The van der Waals surface area contributed by atoms with E-state index in [0.29, 0.717) is 13.1 Å². The topological polar surface area (TPSA) is 86.2 Å². The monoisotopic (exact) mass is 282 g/mol. The number of nitrogens with two attached hydrogens (primary N) is 2. The van der Waals surface area contributed by atoms with E-state index in [0.717, 1.165) is 11.1 Å². The predicted octanol–water partition coefficient (Wildman–Crippen LogP) is 0.799. The minimum Gasteiger partial charge on any atom is -0.330 e. The van der Waals surface area contributed by atoms with Crippen LogP contribution in [-0.4, -0.2) is 32.5 Å². The van der Waals surface area contributed by atoms with Crippen LogP contribution in [0.15, 0.2) is 24.3 Å². The fourth-order valence-corrected chi connectivity index (χ4v) is 5.23. The van der Waals surface area contributed by atoms with Crippen LogP contribution in [0.25, 0.3) is 0 Å². The molecular formula is C14H22N2O2S. The molecule has 0 spiro atoms. The lowest BCUT2D eigenvalue weighted by Crippen LogP contribution is -2.31. The average Bonchev–Trinajstić information content (AvgIpc) is 3.10. The number of hydrogen-bond acceptors (Lipinski definition) is 4. The number of aryl methyl sites for hydroxylation is 1. The molecule has 0 bridgehead atoms. The molecule has 0 heterocycles. The molecule has 1 aliphatic carbocycles. The Balaban J connectivity index is 2.42. The molecular weight excluding hydrogens is 260 g/mol. The molecule has 4 nitrogen and oxygen atoms in total. The first-order chi connectivity index (χ1) is 8.93. The van der Waals surface area contributed by atoms with Gasteiger partial charge in [0.15, 0.2) is 9.84 Å². The Bertz CT molecular complexity index is 547. The SMILES string of the molecule is CCS(=O)(=O)[C@@H]1[C@@H](c2ccc(C)cc2)C1(CN)CN. The van der Waals surface area contributed by atoms with E-state index in [1.807, 2.05) is 31.2 Å². The molecule has 2 rings (SSSR count). The van der Waals surface area contributed by atoms with Crippen LogP contribution in [0.4, 0.5) is 0 Å². The zero-order valence-corrected chi connectivity index (χ0v) is 12.3. The lowest BCUT2D eigenvalue weighted by atomic mass is 9.99. The van der Waals surface area contributed by atoms with Gasteiger partial charge in [0.05, 0.1) is 5.25 Å². The molecule has 0 amide bonds. The number of benzene rings is 1. The highest BCUT2D eigenvalue weighted by atomic mass is 32.2. The summed E-state index contributed by atoms with van der Waals surface area (Å²) in [5.41, 5.74) is 13.4. The van der Waals surface area contributed by atoms with E-state index in [9.17, 15) is 8.42 Å². The smallest absolute Gasteiger partial charge is 0.154 e. The van der Waals surface area contributed by atoms with Crippen LogP contribution in [0.3, 0.4) is 0 Å². The van der Waals surface area contributed by atoms with Gasteiger partial charge in [0.25, 0.3) is 0 Å². The second-order valence-corrected chi connectivity index (χ2v) is 7.81. The van der Waals surface area contributed by atoms with E-state index in [2.05, 4.69) is 0 Å². The highest BCUT2D eigenvalue weighted by Crippen LogP contribution is 2.61. The van der Waals surface area contributed by atoms with Gasteiger partial charge in [-0.05, 0) is 12.5 Å². The maximum Gasteiger partial charge on any atom is 0.154 e. The molecule has 4 N–H and O–H groups in total. The van der Waals surface area contributed by atoms with Crippen molar-refractivity contribution in [1.29, 1.82) is 0 Å². The van der Waals surface area contributed by atoms with Crippen LogP contribution in [0.5, 0.6) is 0 Å². The maximum absolute atomic E-state index is 12.2. The average molecular weight is 282 g/mol.